The van der Waals surface area contributed by atoms with Crippen LogP contribution in [-0.4, -0.2) is 56.8 Å². The van der Waals surface area contributed by atoms with Gasteiger partial charge in [0.2, 0.25) is 0 Å². The summed E-state index contributed by atoms with van der Waals surface area (Å²) in [6.45, 7) is 4.88. The van der Waals surface area contributed by atoms with Gasteiger partial charge >= 0.3 is 0 Å². The van der Waals surface area contributed by atoms with Crippen LogP contribution in [0.5, 0.6) is 0 Å². The molecular weight excluding hydrogens is 416 g/mol. The van der Waals surface area contributed by atoms with Crippen molar-refractivity contribution in [3.63, 3.8) is 0 Å². The molecule has 0 spiro atoms. The molecular formula is C21H20N6O5. The van der Waals surface area contributed by atoms with Crippen molar-refractivity contribution in [3.05, 3.63) is 73.4 Å². The number of aryl methyl sites for hydroxylation is 1. The molecule has 32 heavy (non-hydrogen) atoms. The van der Waals surface area contributed by atoms with Crippen molar-refractivity contribution in [2.24, 2.45) is 0 Å². The van der Waals surface area contributed by atoms with Crippen molar-refractivity contribution < 1.29 is 14.6 Å². The minimum atomic E-state index is -0.710. The first-order valence-electron chi connectivity index (χ1n) is 9.97. The SMILES string of the molecule is Cc1nc2ccccc2nc1N1CCN(C(=O)c2cc([N+](=O)[O-])c(C)c([N+](=O)[O-])c2)CC1. The smallest absolute Gasteiger partial charge is 0.279 e. The van der Waals surface area contributed by atoms with Crippen molar-refractivity contribution in [1.29, 1.82) is 0 Å². The number of nitro benzene ring substituents is 2. The lowest BCUT2D eigenvalue weighted by atomic mass is 10.1. The lowest BCUT2D eigenvalue weighted by Crippen LogP contribution is -2.49. The van der Waals surface area contributed by atoms with Gasteiger partial charge in [-0.1, -0.05) is 12.1 Å². The molecule has 2 heterocycles. The van der Waals surface area contributed by atoms with Gasteiger partial charge in [0.15, 0.2) is 5.82 Å². The Balaban J connectivity index is 1.55. The minimum Gasteiger partial charge on any atom is -0.352 e. The van der Waals surface area contributed by atoms with Crippen LogP contribution in [0.2, 0.25) is 0 Å². The van der Waals surface area contributed by atoms with Crippen LogP contribution in [-0.2, 0) is 0 Å². The molecule has 1 amide bonds. The van der Waals surface area contributed by atoms with Crippen LogP contribution in [0, 0.1) is 34.1 Å². The normalized spacial score (nSPS) is 13.9. The quantitative estimate of drug-likeness (QED) is 0.450. The van der Waals surface area contributed by atoms with Crippen molar-refractivity contribution in [3.8, 4) is 0 Å². The molecule has 1 fully saturated rings. The zero-order valence-electron chi connectivity index (χ0n) is 17.5. The van der Waals surface area contributed by atoms with Crippen LogP contribution in [0.1, 0.15) is 21.6 Å². The number of para-hydroxylation sites is 2. The number of anilines is 1. The van der Waals surface area contributed by atoms with E-state index in [4.69, 9.17) is 4.98 Å². The van der Waals surface area contributed by atoms with E-state index in [-0.39, 0.29) is 11.1 Å². The molecule has 0 bridgehead atoms. The zero-order chi connectivity index (χ0) is 23.0. The maximum Gasteiger partial charge on any atom is 0.279 e. The van der Waals surface area contributed by atoms with Gasteiger partial charge in [-0.15, -0.1) is 0 Å². The fourth-order valence-electron chi connectivity index (χ4n) is 3.87. The number of aromatic nitrogens is 2. The van der Waals surface area contributed by atoms with Crippen LogP contribution in [0.25, 0.3) is 11.0 Å². The lowest BCUT2D eigenvalue weighted by molar-refractivity contribution is -0.395. The summed E-state index contributed by atoms with van der Waals surface area (Å²) in [5, 5.41) is 22.6. The first kappa shape index (κ1) is 21.1. The van der Waals surface area contributed by atoms with Gasteiger partial charge in [0.1, 0.15) is 5.56 Å². The standard InChI is InChI=1S/C21H20N6O5/c1-13-18(26(29)30)11-15(12-19(13)27(31)32)21(28)25-9-7-24(8-10-25)20-14(2)22-16-5-3-4-6-17(16)23-20/h3-6,11-12H,7-10H2,1-2H3. The van der Waals surface area contributed by atoms with Crippen molar-refractivity contribution in [2.75, 3.05) is 31.1 Å². The number of carbonyl (C=O) groups excluding carboxylic acids is 1. The van der Waals surface area contributed by atoms with E-state index in [0.29, 0.717) is 26.2 Å². The number of piperazine rings is 1. The Morgan fingerprint density at radius 3 is 1.97 bits per heavy atom. The monoisotopic (exact) mass is 436 g/mol. The van der Waals surface area contributed by atoms with Crippen molar-refractivity contribution >= 4 is 34.1 Å². The van der Waals surface area contributed by atoms with Gasteiger partial charge in [-0.25, -0.2) is 9.97 Å². The summed E-state index contributed by atoms with van der Waals surface area (Å²) >= 11 is 0. The third-order valence-electron chi connectivity index (χ3n) is 5.58. The zero-order valence-corrected chi connectivity index (χ0v) is 17.5. The summed E-state index contributed by atoms with van der Waals surface area (Å²) in [6.07, 6.45) is 0. The number of hydrogen-bond acceptors (Lipinski definition) is 8. The summed E-state index contributed by atoms with van der Waals surface area (Å²) in [5.74, 6) is 0.273. The van der Waals surface area contributed by atoms with Crippen LogP contribution in [0.3, 0.4) is 0 Å². The largest absolute Gasteiger partial charge is 0.352 e. The van der Waals surface area contributed by atoms with E-state index < -0.39 is 27.1 Å². The number of hydrogen-bond donors (Lipinski definition) is 0. The van der Waals surface area contributed by atoms with E-state index in [2.05, 4.69) is 4.98 Å². The number of nitrogens with zero attached hydrogens (tertiary/aromatic N) is 6. The van der Waals surface area contributed by atoms with Gasteiger partial charge in [-0.3, -0.25) is 25.0 Å². The van der Waals surface area contributed by atoms with Crippen molar-refractivity contribution in [2.45, 2.75) is 13.8 Å². The highest BCUT2D eigenvalue weighted by Crippen LogP contribution is 2.30. The van der Waals surface area contributed by atoms with E-state index in [0.717, 1.165) is 34.7 Å². The average molecular weight is 436 g/mol. The van der Waals surface area contributed by atoms with Crippen LogP contribution < -0.4 is 4.90 Å². The molecule has 0 unspecified atom stereocenters. The highest BCUT2D eigenvalue weighted by molar-refractivity contribution is 5.96. The molecule has 0 aliphatic carbocycles. The van der Waals surface area contributed by atoms with Gasteiger partial charge in [0.05, 0.1) is 32.1 Å². The fourth-order valence-corrected chi connectivity index (χ4v) is 3.87. The Morgan fingerprint density at radius 1 is 0.906 bits per heavy atom. The number of fused-ring (bicyclic) bond motifs is 1. The molecule has 1 aliphatic heterocycles. The third-order valence-corrected chi connectivity index (χ3v) is 5.58. The summed E-state index contributed by atoms with van der Waals surface area (Å²) < 4.78 is 0. The van der Waals surface area contributed by atoms with Gasteiger partial charge in [-0.05, 0) is 26.0 Å². The average Bonchev–Trinajstić information content (AvgIpc) is 2.78. The Kier molecular flexibility index (Phi) is 5.39. The Bertz CT molecular complexity index is 1220. The summed E-state index contributed by atoms with van der Waals surface area (Å²) in [4.78, 5) is 47.1. The van der Waals surface area contributed by atoms with Crippen LogP contribution >= 0.6 is 0 Å². The number of benzene rings is 2. The molecule has 11 nitrogen and oxygen atoms in total. The first-order chi connectivity index (χ1) is 15.3. The molecule has 11 heteroatoms. The topological polar surface area (TPSA) is 136 Å². The number of rotatable bonds is 4. The summed E-state index contributed by atoms with van der Waals surface area (Å²) in [5.41, 5.74) is 1.35. The summed E-state index contributed by atoms with van der Waals surface area (Å²) in [6, 6.07) is 9.80. The predicted molar refractivity (Wildman–Crippen MR) is 117 cm³/mol. The molecule has 3 aromatic rings. The van der Waals surface area contributed by atoms with Crippen LogP contribution in [0.4, 0.5) is 17.2 Å². The Hall–Kier alpha value is -4.15. The molecule has 0 atom stereocenters. The molecule has 164 valence electrons. The minimum absolute atomic E-state index is 0.0656. The van der Waals surface area contributed by atoms with Crippen LogP contribution in [0.15, 0.2) is 36.4 Å². The van der Waals surface area contributed by atoms with E-state index in [1.165, 1.54) is 6.92 Å². The highest BCUT2D eigenvalue weighted by atomic mass is 16.6. The van der Waals surface area contributed by atoms with Gasteiger partial charge in [-0.2, -0.15) is 0 Å². The van der Waals surface area contributed by atoms with E-state index in [1.54, 1.807) is 4.90 Å². The van der Waals surface area contributed by atoms with E-state index in [9.17, 15) is 25.0 Å². The highest BCUT2D eigenvalue weighted by Gasteiger charge is 2.29. The lowest BCUT2D eigenvalue weighted by Gasteiger charge is -2.36. The van der Waals surface area contributed by atoms with Crippen molar-refractivity contribution in [1.82, 2.24) is 14.9 Å². The molecule has 1 aromatic heterocycles. The van der Waals surface area contributed by atoms with Gasteiger partial charge in [0, 0.05) is 38.3 Å². The van der Waals surface area contributed by atoms with Gasteiger partial charge in [0.25, 0.3) is 17.3 Å². The maximum atomic E-state index is 13.0. The molecule has 4 rings (SSSR count). The van der Waals surface area contributed by atoms with Gasteiger partial charge < -0.3 is 9.80 Å². The first-order valence-corrected chi connectivity index (χ1v) is 9.97. The summed E-state index contributed by atoms with van der Waals surface area (Å²) in [7, 11) is 0. The molecule has 0 radical (unpaired) electrons. The second-order valence-electron chi connectivity index (χ2n) is 7.55. The fraction of sp³-hybridized carbons (Fsp3) is 0.286. The Labute approximate surface area is 182 Å². The second kappa shape index (κ2) is 8.17. The molecule has 0 N–H and O–H groups in total. The Morgan fingerprint density at radius 2 is 1.44 bits per heavy atom. The number of amides is 1. The maximum absolute atomic E-state index is 13.0. The number of nitro groups is 2. The molecule has 0 saturated carbocycles. The predicted octanol–water partition coefficient (Wildman–Crippen LogP) is 3.03. The number of carbonyl (C=O) groups is 1. The molecule has 1 aliphatic rings. The molecule has 2 aromatic carbocycles. The second-order valence-corrected chi connectivity index (χ2v) is 7.55. The van der Waals surface area contributed by atoms with E-state index >= 15 is 0 Å². The van der Waals surface area contributed by atoms with E-state index in [1.807, 2.05) is 36.1 Å². The third kappa shape index (κ3) is 3.80. The molecule has 1 saturated heterocycles.